The van der Waals surface area contributed by atoms with E-state index < -0.39 is 48.7 Å². The van der Waals surface area contributed by atoms with Gasteiger partial charge in [-0.2, -0.15) is 0 Å². The SMILES string of the molecule is O=C(O)c1ccccc1.O=C(O)c1ccccc1.O=C(O)c1ccccc1.O=c1c2c(ccn1[C@@H]1O[C@@H](C(O)O)[C@@H](O)[C@H]1O)CCCC2. The van der Waals surface area contributed by atoms with Crippen LogP contribution in [0.4, 0.5) is 0 Å². The molecule has 254 valence electrons. The number of carbonyl (C=O) groups is 3. The monoisotopic (exact) mass is 663 g/mol. The number of carboxylic acid groups (broad SMARTS) is 3. The molecule has 1 fully saturated rings. The summed E-state index contributed by atoms with van der Waals surface area (Å²) in [7, 11) is 0. The molecule has 1 aliphatic carbocycles. The summed E-state index contributed by atoms with van der Waals surface area (Å²) in [4.78, 5) is 43.1. The molecule has 1 aromatic heterocycles. The molecule has 4 aromatic rings. The lowest BCUT2D eigenvalue weighted by molar-refractivity contribution is -0.168. The van der Waals surface area contributed by atoms with Crippen molar-refractivity contribution in [2.45, 2.75) is 56.5 Å². The topological polar surface area (TPSA) is 224 Å². The molecule has 0 unspecified atom stereocenters. The number of nitrogens with zero attached hydrogens (tertiary/aromatic N) is 1. The molecule has 1 saturated heterocycles. The maximum absolute atomic E-state index is 12.5. The van der Waals surface area contributed by atoms with E-state index in [1.165, 1.54) is 10.8 Å². The molecule has 0 saturated carbocycles. The third-order valence-corrected chi connectivity index (χ3v) is 7.34. The Morgan fingerprint density at radius 3 is 1.42 bits per heavy atom. The van der Waals surface area contributed by atoms with Gasteiger partial charge in [0, 0.05) is 11.8 Å². The van der Waals surface area contributed by atoms with Crippen LogP contribution < -0.4 is 5.56 Å². The second kappa shape index (κ2) is 18.2. The van der Waals surface area contributed by atoms with E-state index in [1.807, 2.05) is 6.07 Å². The number of rotatable bonds is 5. The summed E-state index contributed by atoms with van der Waals surface area (Å²) in [5.41, 5.74) is 2.46. The van der Waals surface area contributed by atoms with Gasteiger partial charge in [-0.3, -0.25) is 9.36 Å². The number of hydrogen-bond acceptors (Lipinski definition) is 9. The van der Waals surface area contributed by atoms with Crippen LogP contribution in [0.5, 0.6) is 0 Å². The van der Waals surface area contributed by atoms with Gasteiger partial charge in [-0.15, -0.1) is 0 Å². The maximum Gasteiger partial charge on any atom is 0.335 e. The minimum Gasteiger partial charge on any atom is -0.478 e. The number of hydrogen-bond donors (Lipinski definition) is 7. The lowest BCUT2D eigenvalue weighted by Crippen LogP contribution is -2.39. The van der Waals surface area contributed by atoms with Crippen molar-refractivity contribution in [3.8, 4) is 0 Å². The van der Waals surface area contributed by atoms with Gasteiger partial charge in [0.15, 0.2) is 12.5 Å². The van der Waals surface area contributed by atoms with Gasteiger partial charge in [-0.1, -0.05) is 54.6 Å². The molecule has 6 rings (SSSR count). The number of aryl methyl sites for hydroxylation is 1. The van der Waals surface area contributed by atoms with Crippen LogP contribution in [-0.4, -0.2) is 82.8 Å². The normalized spacial score (nSPS) is 19.2. The molecule has 0 bridgehead atoms. The van der Waals surface area contributed by atoms with E-state index in [0.717, 1.165) is 24.8 Å². The molecule has 2 heterocycles. The van der Waals surface area contributed by atoms with Crippen LogP contribution in [0, 0.1) is 0 Å². The highest BCUT2D eigenvalue weighted by molar-refractivity contribution is 5.88. The second-order valence-corrected chi connectivity index (χ2v) is 10.6. The van der Waals surface area contributed by atoms with E-state index in [9.17, 15) is 29.4 Å². The Kier molecular flexibility index (Phi) is 14.2. The average molecular weight is 664 g/mol. The van der Waals surface area contributed by atoms with Gasteiger partial charge in [0.1, 0.15) is 18.3 Å². The summed E-state index contributed by atoms with van der Waals surface area (Å²) in [5, 5.41) is 63.2. The molecule has 0 amide bonds. The highest BCUT2D eigenvalue weighted by Crippen LogP contribution is 2.30. The van der Waals surface area contributed by atoms with E-state index in [2.05, 4.69) is 0 Å². The van der Waals surface area contributed by atoms with Crippen molar-refractivity contribution in [1.29, 1.82) is 0 Å². The van der Waals surface area contributed by atoms with Gasteiger partial charge in [-0.05, 0) is 73.7 Å². The van der Waals surface area contributed by atoms with E-state index in [4.69, 9.17) is 30.3 Å². The van der Waals surface area contributed by atoms with Gasteiger partial charge in [0.2, 0.25) is 0 Å². The number of aromatic carboxylic acids is 3. The number of benzene rings is 3. The first-order chi connectivity index (χ1) is 22.9. The first-order valence-corrected chi connectivity index (χ1v) is 14.9. The largest absolute Gasteiger partial charge is 0.478 e. The van der Waals surface area contributed by atoms with Crippen LogP contribution in [0.25, 0.3) is 0 Å². The van der Waals surface area contributed by atoms with Gasteiger partial charge < -0.3 is 40.5 Å². The summed E-state index contributed by atoms with van der Waals surface area (Å²) < 4.78 is 6.49. The molecule has 0 spiro atoms. The van der Waals surface area contributed by atoms with Gasteiger partial charge >= 0.3 is 17.9 Å². The third-order valence-electron chi connectivity index (χ3n) is 7.34. The number of aliphatic hydroxyl groups is 4. The van der Waals surface area contributed by atoms with Crippen molar-refractivity contribution in [3.63, 3.8) is 0 Å². The molecule has 13 nitrogen and oxygen atoms in total. The van der Waals surface area contributed by atoms with Crippen molar-refractivity contribution < 1.29 is 54.9 Å². The number of carboxylic acids is 3. The van der Waals surface area contributed by atoms with Gasteiger partial charge in [-0.25, -0.2) is 14.4 Å². The summed E-state index contributed by atoms with van der Waals surface area (Å²) in [6.45, 7) is 0. The molecular weight excluding hydrogens is 626 g/mol. The Morgan fingerprint density at radius 2 is 1.06 bits per heavy atom. The van der Waals surface area contributed by atoms with Gasteiger partial charge in [0.05, 0.1) is 16.7 Å². The van der Waals surface area contributed by atoms with Crippen molar-refractivity contribution >= 4 is 17.9 Å². The zero-order chi connectivity index (χ0) is 35.2. The summed E-state index contributed by atoms with van der Waals surface area (Å²) in [6.07, 6.45) is -2.16. The van der Waals surface area contributed by atoms with Crippen LogP contribution in [0.3, 0.4) is 0 Å². The minimum absolute atomic E-state index is 0.253. The van der Waals surface area contributed by atoms with Crippen LogP contribution in [0.2, 0.25) is 0 Å². The second-order valence-electron chi connectivity index (χ2n) is 10.6. The fraction of sp³-hybridized carbons (Fsp3) is 0.257. The molecule has 4 atom stereocenters. The smallest absolute Gasteiger partial charge is 0.335 e. The maximum atomic E-state index is 12.5. The molecule has 2 aliphatic rings. The fourth-order valence-corrected chi connectivity index (χ4v) is 4.86. The highest BCUT2D eigenvalue weighted by atomic mass is 16.6. The lowest BCUT2D eigenvalue weighted by Gasteiger charge is -2.22. The third kappa shape index (κ3) is 10.4. The molecular formula is C35H37NO12. The zero-order valence-electron chi connectivity index (χ0n) is 25.6. The standard InChI is InChI=1S/C14H19NO6.3C7H6O2/c16-9-10(17)13(21-11(9)14(19)20)15-6-5-7-3-1-2-4-8(7)12(15)18;3*8-7(9)6-4-2-1-3-5-6/h5-6,9-11,13-14,16-17,19-20H,1-4H2;3*1-5H,(H,8,9)/t9-,10+,11+,13+;;;/m0.../s1. The minimum atomic E-state index is -1.92. The number of ether oxygens (including phenoxy) is 1. The number of fused-ring (bicyclic) bond motifs is 1. The van der Waals surface area contributed by atoms with Crippen molar-refractivity contribution in [1.82, 2.24) is 4.57 Å². The first kappa shape index (κ1) is 37.3. The number of aromatic nitrogens is 1. The van der Waals surface area contributed by atoms with Gasteiger partial charge in [0.25, 0.3) is 5.56 Å². The Labute approximate surface area is 275 Å². The Bertz CT molecular complexity index is 1560. The average Bonchev–Trinajstić information content (AvgIpc) is 3.40. The van der Waals surface area contributed by atoms with Crippen molar-refractivity contribution in [3.05, 3.63) is 141 Å². The van der Waals surface area contributed by atoms with Crippen molar-refractivity contribution in [2.75, 3.05) is 0 Å². The van der Waals surface area contributed by atoms with Crippen LogP contribution in [-0.2, 0) is 17.6 Å². The van der Waals surface area contributed by atoms with Crippen LogP contribution >= 0.6 is 0 Å². The molecule has 13 heteroatoms. The van der Waals surface area contributed by atoms with Crippen LogP contribution in [0.1, 0.15) is 61.3 Å². The molecule has 48 heavy (non-hydrogen) atoms. The quantitative estimate of drug-likeness (QED) is 0.153. The Hall–Kier alpha value is -5.18. The zero-order valence-corrected chi connectivity index (χ0v) is 25.6. The number of pyridine rings is 1. The summed E-state index contributed by atoms with van der Waals surface area (Å²) in [6, 6.07) is 26.7. The summed E-state index contributed by atoms with van der Waals surface area (Å²) in [5.74, 6) is -2.64. The Morgan fingerprint density at radius 1 is 0.646 bits per heavy atom. The highest BCUT2D eigenvalue weighted by Gasteiger charge is 2.47. The molecule has 3 aromatic carbocycles. The molecule has 1 aliphatic heterocycles. The lowest BCUT2D eigenvalue weighted by atomic mass is 9.93. The molecule has 0 radical (unpaired) electrons. The first-order valence-electron chi connectivity index (χ1n) is 14.9. The molecule has 7 N–H and O–H groups in total. The summed E-state index contributed by atoms with van der Waals surface area (Å²) >= 11 is 0. The van der Waals surface area contributed by atoms with E-state index in [1.54, 1.807) is 91.0 Å². The predicted octanol–water partition coefficient (Wildman–Crippen LogP) is 2.81. The van der Waals surface area contributed by atoms with E-state index in [-0.39, 0.29) is 5.56 Å². The van der Waals surface area contributed by atoms with E-state index in [0.29, 0.717) is 28.7 Å². The predicted molar refractivity (Wildman–Crippen MR) is 172 cm³/mol. The van der Waals surface area contributed by atoms with Crippen LogP contribution in [0.15, 0.2) is 108 Å². The Balaban J connectivity index is 0.000000193. The van der Waals surface area contributed by atoms with E-state index >= 15 is 0 Å². The van der Waals surface area contributed by atoms with Crippen molar-refractivity contribution in [2.24, 2.45) is 0 Å². The fourth-order valence-electron chi connectivity index (χ4n) is 4.86. The number of aliphatic hydroxyl groups excluding tert-OH is 3.